The average Bonchev–Trinajstić information content (AvgIpc) is 3.57. The van der Waals surface area contributed by atoms with E-state index in [1.54, 1.807) is 25.1 Å². The van der Waals surface area contributed by atoms with Crippen molar-refractivity contribution in [3.05, 3.63) is 53.6 Å². The summed E-state index contributed by atoms with van der Waals surface area (Å²) in [7, 11) is 3.05. The molecule has 7 nitrogen and oxygen atoms in total. The van der Waals surface area contributed by atoms with Crippen molar-refractivity contribution in [2.24, 2.45) is 11.0 Å². The van der Waals surface area contributed by atoms with Crippen LogP contribution in [0.1, 0.15) is 35.7 Å². The standard InChI is InChI=1S/C21H23N3O4/c1-13(14-6-9-17(10-7-14)22-20(25)15-4-5-15)23-24-21(26)16-8-11-18(27-2)19(12-16)28-3/h6-12,15H,4-5H2,1-3H3,(H,22,25)(H,24,26). The lowest BCUT2D eigenvalue weighted by molar-refractivity contribution is -0.117. The average molecular weight is 381 g/mol. The van der Waals surface area contributed by atoms with Crippen LogP contribution < -0.4 is 20.2 Å². The molecule has 2 aromatic carbocycles. The molecule has 0 saturated heterocycles. The minimum absolute atomic E-state index is 0.0697. The summed E-state index contributed by atoms with van der Waals surface area (Å²) in [5.74, 6) is 0.899. The lowest BCUT2D eigenvalue weighted by Gasteiger charge is -2.09. The summed E-state index contributed by atoms with van der Waals surface area (Å²) in [6.45, 7) is 1.80. The molecule has 3 rings (SSSR count). The lowest BCUT2D eigenvalue weighted by Crippen LogP contribution is -2.19. The van der Waals surface area contributed by atoms with Gasteiger partial charge in [0.2, 0.25) is 5.91 Å². The van der Waals surface area contributed by atoms with Gasteiger partial charge in [-0.3, -0.25) is 9.59 Å². The van der Waals surface area contributed by atoms with E-state index in [0.717, 1.165) is 24.1 Å². The van der Waals surface area contributed by atoms with Gasteiger partial charge in [-0.05, 0) is 55.7 Å². The zero-order valence-electron chi connectivity index (χ0n) is 16.1. The molecule has 28 heavy (non-hydrogen) atoms. The van der Waals surface area contributed by atoms with Crippen LogP contribution in [0.25, 0.3) is 0 Å². The smallest absolute Gasteiger partial charge is 0.271 e. The molecule has 0 unspecified atom stereocenters. The molecule has 0 bridgehead atoms. The van der Waals surface area contributed by atoms with Gasteiger partial charge in [-0.2, -0.15) is 5.10 Å². The Morgan fingerprint density at radius 3 is 2.21 bits per heavy atom. The van der Waals surface area contributed by atoms with Crippen molar-refractivity contribution in [3.8, 4) is 11.5 Å². The predicted octanol–water partition coefficient (Wildman–Crippen LogP) is 3.21. The van der Waals surface area contributed by atoms with Crippen molar-refractivity contribution in [2.75, 3.05) is 19.5 Å². The molecule has 1 aliphatic carbocycles. The normalized spacial score (nSPS) is 13.6. The number of hydrogen-bond acceptors (Lipinski definition) is 5. The van der Waals surface area contributed by atoms with E-state index in [0.29, 0.717) is 22.8 Å². The third kappa shape index (κ3) is 4.68. The molecular formula is C21H23N3O4. The minimum Gasteiger partial charge on any atom is -0.493 e. The molecule has 1 aliphatic rings. The Labute approximate surface area is 163 Å². The highest BCUT2D eigenvalue weighted by atomic mass is 16.5. The molecule has 0 radical (unpaired) electrons. The second-order valence-electron chi connectivity index (χ2n) is 6.55. The highest BCUT2D eigenvalue weighted by Crippen LogP contribution is 2.30. The molecule has 2 amide bonds. The van der Waals surface area contributed by atoms with Crippen LogP contribution in [-0.2, 0) is 4.79 Å². The number of ether oxygens (including phenoxy) is 2. The molecule has 7 heteroatoms. The monoisotopic (exact) mass is 381 g/mol. The van der Waals surface area contributed by atoms with Crippen LogP contribution in [0, 0.1) is 5.92 Å². The highest BCUT2D eigenvalue weighted by molar-refractivity contribution is 6.01. The Balaban J connectivity index is 1.63. The fourth-order valence-corrected chi connectivity index (χ4v) is 2.63. The third-order valence-corrected chi connectivity index (χ3v) is 4.49. The first-order chi connectivity index (χ1) is 13.5. The van der Waals surface area contributed by atoms with Gasteiger partial charge < -0.3 is 14.8 Å². The maximum atomic E-state index is 12.3. The first-order valence-electron chi connectivity index (χ1n) is 8.99. The van der Waals surface area contributed by atoms with Crippen LogP contribution in [0.5, 0.6) is 11.5 Å². The molecule has 146 valence electrons. The third-order valence-electron chi connectivity index (χ3n) is 4.49. The summed E-state index contributed by atoms with van der Waals surface area (Å²) < 4.78 is 10.4. The molecule has 0 heterocycles. The topological polar surface area (TPSA) is 89.0 Å². The maximum absolute atomic E-state index is 12.3. The molecule has 0 aromatic heterocycles. The fourth-order valence-electron chi connectivity index (χ4n) is 2.63. The number of nitrogens with one attached hydrogen (secondary N) is 2. The number of hydrazone groups is 1. The number of rotatable bonds is 7. The Morgan fingerprint density at radius 1 is 0.964 bits per heavy atom. The molecule has 0 atom stereocenters. The Morgan fingerprint density at radius 2 is 1.61 bits per heavy atom. The van der Waals surface area contributed by atoms with Crippen molar-refractivity contribution < 1.29 is 19.1 Å². The van der Waals surface area contributed by atoms with Crippen molar-refractivity contribution in [1.29, 1.82) is 0 Å². The number of hydrogen-bond donors (Lipinski definition) is 2. The molecule has 0 spiro atoms. The first-order valence-corrected chi connectivity index (χ1v) is 8.99. The van der Waals surface area contributed by atoms with E-state index in [2.05, 4.69) is 15.8 Å². The fraction of sp³-hybridized carbons (Fsp3) is 0.286. The quantitative estimate of drug-likeness (QED) is 0.569. The molecule has 0 aliphatic heterocycles. The van der Waals surface area contributed by atoms with Gasteiger partial charge in [-0.15, -0.1) is 0 Å². The van der Waals surface area contributed by atoms with Crippen molar-refractivity contribution >= 4 is 23.2 Å². The van der Waals surface area contributed by atoms with Crippen molar-refractivity contribution in [3.63, 3.8) is 0 Å². The first kappa shape index (κ1) is 19.4. The van der Waals surface area contributed by atoms with E-state index in [-0.39, 0.29) is 17.7 Å². The van der Waals surface area contributed by atoms with Crippen LogP contribution >= 0.6 is 0 Å². The van der Waals surface area contributed by atoms with Crippen LogP contribution in [-0.4, -0.2) is 31.7 Å². The number of carbonyl (C=O) groups is 2. The van der Waals surface area contributed by atoms with Gasteiger partial charge in [-0.1, -0.05) is 12.1 Å². The number of benzene rings is 2. The van der Waals surface area contributed by atoms with Gasteiger partial charge >= 0.3 is 0 Å². The highest BCUT2D eigenvalue weighted by Gasteiger charge is 2.29. The molecule has 1 fully saturated rings. The largest absolute Gasteiger partial charge is 0.493 e. The number of methoxy groups -OCH3 is 2. The van der Waals surface area contributed by atoms with Gasteiger partial charge in [0.1, 0.15) is 0 Å². The summed E-state index contributed by atoms with van der Waals surface area (Å²) in [4.78, 5) is 24.1. The SMILES string of the molecule is COc1ccc(C(=O)NN=C(C)c2ccc(NC(=O)C3CC3)cc2)cc1OC. The van der Waals surface area contributed by atoms with Crippen molar-refractivity contribution in [1.82, 2.24) is 5.43 Å². The van der Waals surface area contributed by atoms with Crippen molar-refractivity contribution in [2.45, 2.75) is 19.8 Å². The molecule has 2 N–H and O–H groups in total. The van der Waals surface area contributed by atoms with Crippen LogP contribution in [0.15, 0.2) is 47.6 Å². The number of amides is 2. The lowest BCUT2D eigenvalue weighted by atomic mass is 10.1. The predicted molar refractivity (Wildman–Crippen MR) is 107 cm³/mol. The molecular weight excluding hydrogens is 358 g/mol. The second-order valence-corrected chi connectivity index (χ2v) is 6.55. The van der Waals surface area contributed by atoms with Crippen LogP contribution in [0.4, 0.5) is 5.69 Å². The maximum Gasteiger partial charge on any atom is 0.271 e. The minimum atomic E-state index is -0.353. The second kappa shape index (κ2) is 8.56. The Hall–Kier alpha value is -3.35. The Bertz CT molecular complexity index is 902. The number of carbonyl (C=O) groups excluding carboxylic acids is 2. The molecule has 1 saturated carbocycles. The van der Waals surface area contributed by atoms with E-state index < -0.39 is 0 Å². The molecule has 2 aromatic rings. The summed E-state index contributed by atoms with van der Waals surface area (Å²) in [5.41, 5.74) is 5.19. The van der Waals surface area contributed by atoms with Crippen LogP contribution in [0.2, 0.25) is 0 Å². The number of anilines is 1. The summed E-state index contributed by atoms with van der Waals surface area (Å²) in [6.07, 6.45) is 1.94. The summed E-state index contributed by atoms with van der Waals surface area (Å²) in [6, 6.07) is 12.2. The summed E-state index contributed by atoms with van der Waals surface area (Å²) >= 11 is 0. The Kier molecular flexibility index (Phi) is 5.93. The van der Waals surface area contributed by atoms with Gasteiger partial charge in [0, 0.05) is 17.2 Å². The van der Waals surface area contributed by atoms with E-state index in [1.165, 1.54) is 14.2 Å². The zero-order valence-corrected chi connectivity index (χ0v) is 16.1. The summed E-state index contributed by atoms with van der Waals surface area (Å²) in [5, 5.41) is 7.05. The van der Waals surface area contributed by atoms with Gasteiger partial charge in [0.05, 0.1) is 19.9 Å². The number of nitrogens with zero attached hydrogens (tertiary/aromatic N) is 1. The van der Waals surface area contributed by atoms with E-state index in [9.17, 15) is 9.59 Å². The van der Waals surface area contributed by atoms with E-state index in [4.69, 9.17) is 9.47 Å². The zero-order chi connectivity index (χ0) is 20.1. The van der Waals surface area contributed by atoms with E-state index in [1.807, 2.05) is 24.3 Å². The van der Waals surface area contributed by atoms with E-state index >= 15 is 0 Å². The van der Waals surface area contributed by atoms with Crippen LogP contribution in [0.3, 0.4) is 0 Å². The van der Waals surface area contributed by atoms with Gasteiger partial charge in [0.25, 0.3) is 5.91 Å². The van der Waals surface area contributed by atoms with Gasteiger partial charge in [-0.25, -0.2) is 5.43 Å². The van der Waals surface area contributed by atoms with Gasteiger partial charge in [0.15, 0.2) is 11.5 Å².